The molecule has 0 atom stereocenters. The smallest absolute Gasteiger partial charge is 0.218 e. The molecule has 0 aliphatic rings. The molecule has 6 nitrogen and oxygen atoms in total. The van der Waals surface area contributed by atoms with Gasteiger partial charge in [0.15, 0.2) is 5.96 Å². The van der Waals surface area contributed by atoms with E-state index in [0.717, 1.165) is 23.8 Å². The minimum absolute atomic E-state index is 0. The van der Waals surface area contributed by atoms with Crippen molar-refractivity contribution in [3.8, 4) is 11.6 Å². The average Bonchev–Trinajstić information content (AvgIpc) is 2.63. The number of aliphatic imine (C=N–C) groups is 1. The van der Waals surface area contributed by atoms with Crippen molar-refractivity contribution in [1.29, 1.82) is 0 Å². The molecule has 2 aromatic rings. The number of halogens is 1. The summed E-state index contributed by atoms with van der Waals surface area (Å²) in [6.45, 7) is 1.34. The van der Waals surface area contributed by atoms with Crippen molar-refractivity contribution in [2.24, 2.45) is 4.99 Å². The number of ether oxygens (including phenoxy) is 2. The molecule has 25 heavy (non-hydrogen) atoms. The monoisotopic (exact) mass is 456 g/mol. The van der Waals surface area contributed by atoms with Crippen LogP contribution >= 0.6 is 24.0 Å². The van der Waals surface area contributed by atoms with Crippen molar-refractivity contribution in [3.63, 3.8) is 0 Å². The van der Waals surface area contributed by atoms with E-state index in [2.05, 4.69) is 20.2 Å². The molecule has 1 aromatic heterocycles. The fourth-order valence-electron chi connectivity index (χ4n) is 2.38. The SMILES string of the molecule is CN=C(NCc1cccnc1OC)N(C)Cc1ccc(OC)cc1.I. The molecular weight excluding hydrogens is 431 g/mol. The summed E-state index contributed by atoms with van der Waals surface area (Å²) in [5.41, 5.74) is 2.17. The Balaban J connectivity index is 0.00000312. The van der Waals surface area contributed by atoms with Gasteiger partial charge in [-0.3, -0.25) is 4.99 Å². The van der Waals surface area contributed by atoms with Gasteiger partial charge in [0.1, 0.15) is 5.75 Å². The summed E-state index contributed by atoms with van der Waals surface area (Å²) < 4.78 is 10.5. The second kappa shape index (κ2) is 10.8. The van der Waals surface area contributed by atoms with Gasteiger partial charge in [-0.2, -0.15) is 0 Å². The van der Waals surface area contributed by atoms with Crippen LogP contribution in [-0.4, -0.2) is 44.2 Å². The Morgan fingerprint density at radius 1 is 1.16 bits per heavy atom. The number of aromatic nitrogens is 1. The van der Waals surface area contributed by atoms with Crippen LogP contribution in [0.2, 0.25) is 0 Å². The van der Waals surface area contributed by atoms with Gasteiger partial charge in [-0.15, -0.1) is 24.0 Å². The Kier molecular flexibility index (Phi) is 9.04. The van der Waals surface area contributed by atoms with Gasteiger partial charge < -0.3 is 19.7 Å². The van der Waals surface area contributed by atoms with Crippen LogP contribution < -0.4 is 14.8 Å². The van der Waals surface area contributed by atoms with Gasteiger partial charge in [0.25, 0.3) is 0 Å². The van der Waals surface area contributed by atoms with Crippen molar-refractivity contribution in [2.45, 2.75) is 13.1 Å². The van der Waals surface area contributed by atoms with Crippen molar-refractivity contribution in [1.82, 2.24) is 15.2 Å². The first-order valence-electron chi connectivity index (χ1n) is 7.70. The van der Waals surface area contributed by atoms with Crippen molar-refractivity contribution < 1.29 is 9.47 Å². The Morgan fingerprint density at radius 3 is 2.48 bits per heavy atom. The second-order valence-corrected chi connectivity index (χ2v) is 5.28. The topological polar surface area (TPSA) is 59.0 Å². The maximum absolute atomic E-state index is 5.27. The van der Waals surface area contributed by atoms with Crippen LogP contribution in [0, 0.1) is 0 Å². The standard InChI is InChI=1S/C18H24N4O2.HI/c1-19-18(21-12-15-6-5-11-20-17(15)24-4)22(2)13-14-7-9-16(23-3)10-8-14;/h5-11H,12-13H2,1-4H3,(H,19,21);1H. The van der Waals surface area contributed by atoms with Crippen LogP contribution in [0.3, 0.4) is 0 Å². The summed E-state index contributed by atoms with van der Waals surface area (Å²) >= 11 is 0. The van der Waals surface area contributed by atoms with E-state index in [1.807, 2.05) is 43.4 Å². The molecule has 0 bridgehead atoms. The third kappa shape index (κ3) is 6.08. The highest BCUT2D eigenvalue weighted by atomic mass is 127. The van der Waals surface area contributed by atoms with Gasteiger partial charge in [0.2, 0.25) is 5.88 Å². The third-order valence-electron chi connectivity index (χ3n) is 3.63. The van der Waals surface area contributed by atoms with E-state index in [-0.39, 0.29) is 24.0 Å². The van der Waals surface area contributed by atoms with Gasteiger partial charge in [0.05, 0.1) is 14.2 Å². The summed E-state index contributed by atoms with van der Waals surface area (Å²) in [5, 5.41) is 3.33. The first-order chi connectivity index (χ1) is 11.7. The molecule has 0 unspecified atom stereocenters. The molecule has 0 saturated carbocycles. The summed E-state index contributed by atoms with van der Waals surface area (Å²) in [7, 11) is 7.06. The predicted octanol–water partition coefficient (Wildman–Crippen LogP) is 2.92. The lowest BCUT2D eigenvalue weighted by atomic mass is 10.2. The molecule has 0 amide bonds. The molecule has 1 N–H and O–H groups in total. The van der Waals surface area contributed by atoms with Gasteiger partial charge in [-0.1, -0.05) is 18.2 Å². The minimum Gasteiger partial charge on any atom is -0.497 e. The highest BCUT2D eigenvalue weighted by Gasteiger charge is 2.09. The zero-order chi connectivity index (χ0) is 17.4. The number of rotatable bonds is 6. The lowest BCUT2D eigenvalue weighted by Crippen LogP contribution is -2.38. The first-order valence-corrected chi connectivity index (χ1v) is 7.70. The predicted molar refractivity (Wildman–Crippen MR) is 111 cm³/mol. The minimum atomic E-state index is 0. The van der Waals surface area contributed by atoms with Crippen molar-refractivity contribution in [2.75, 3.05) is 28.3 Å². The van der Waals surface area contributed by atoms with Crippen molar-refractivity contribution >= 4 is 29.9 Å². The van der Waals surface area contributed by atoms with Gasteiger partial charge >= 0.3 is 0 Å². The summed E-state index contributed by atoms with van der Waals surface area (Å²) in [5.74, 6) is 2.28. The number of nitrogens with zero attached hydrogens (tertiary/aromatic N) is 3. The molecule has 2 rings (SSSR count). The molecule has 7 heteroatoms. The van der Waals surface area contributed by atoms with Crippen LogP contribution in [0.25, 0.3) is 0 Å². The van der Waals surface area contributed by atoms with Crippen LogP contribution in [0.5, 0.6) is 11.6 Å². The van der Waals surface area contributed by atoms with E-state index in [9.17, 15) is 0 Å². The molecule has 136 valence electrons. The Hall–Kier alpha value is -2.03. The molecule has 0 aliphatic carbocycles. The van der Waals surface area contributed by atoms with Crippen LogP contribution in [0.4, 0.5) is 0 Å². The summed E-state index contributed by atoms with van der Waals surface area (Å²) in [4.78, 5) is 10.6. The number of hydrogen-bond acceptors (Lipinski definition) is 4. The zero-order valence-corrected chi connectivity index (χ0v) is 17.4. The fourth-order valence-corrected chi connectivity index (χ4v) is 2.38. The zero-order valence-electron chi connectivity index (χ0n) is 15.0. The van der Waals surface area contributed by atoms with E-state index in [1.54, 1.807) is 27.5 Å². The van der Waals surface area contributed by atoms with Gasteiger partial charge in [-0.25, -0.2) is 4.98 Å². The highest BCUT2D eigenvalue weighted by molar-refractivity contribution is 14.0. The molecule has 0 aliphatic heterocycles. The molecule has 0 saturated heterocycles. The van der Waals surface area contributed by atoms with Gasteiger partial charge in [-0.05, 0) is 23.8 Å². The highest BCUT2D eigenvalue weighted by Crippen LogP contribution is 2.14. The number of benzene rings is 1. The largest absolute Gasteiger partial charge is 0.497 e. The maximum atomic E-state index is 5.27. The van der Waals surface area contributed by atoms with Crippen molar-refractivity contribution in [3.05, 3.63) is 53.7 Å². The molecule has 0 spiro atoms. The molecule has 1 aromatic carbocycles. The fraction of sp³-hybridized carbons (Fsp3) is 0.333. The number of methoxy groups -OCH3 is 2. The third-order valence-corrected chi connectivity index (χ3v) is 3.63. The van der Waals surface area contributed by atoms with E-state index < -0.39 is 0 Å². The van der Waals surface area contributed by atoms with E-state index in [0.29, 0.717) is 12.4 Å². The maximum Gasteiger partial charge on any atom is 0.218 e. The molecular formula is C18H25IN4O2. The normalized spacial score (nSPS) is 10.6. The number of guanidine groups is 1. The number of pyridine rings is 1. The lowest BCUT2D eigenvalue weighted by Gasteiger charge is -2.22. The number of nitrogens with one attached hydrogen (secondary N) is 1. The van der Waals surface area contributed by atoms with Crippen LogP contribution in [-0.2, 0) is 13.1 Å². The molecule has 0 radical (unpaired) electrons. The number of hydrogen-bond donors (Lipinski definition) is 1. The van der Waals surface area contributed by atoms with Crippen LogP contribution in [0.15, 0.2) is 47.6 Å². The van der Waals surface area contributed by atoms with Gasteiger partial charge in [0, 0.05) is 38.9 Å². The Morgan fingerprint density at radius 2 is 1.88 bits per heavy atom. The Labute approximate surface area is 166 Å². The first kappa shape index (κ1) is 21.0. The summed E-state index contributed by atoms with van der Waals surface area (Å²) in [6, 6.07) is 11.9. The molecule has 1 heterocycles. The van der Waals surface area contributed by atoms with E-state index in [1.165, 1.54) is 5.56 Å². The van der Waals surface area contributed by atoms with Crippen LogP contribution in [0.1, 0.15) is 11.1 Å². The Bertz CT molecular complexity index is 677. The second-order valence-electron chi connectivity index (χ2n) is 5.28. The van der Waals surface area contributed by atoms with E-state index in [4.69, 9.17) is 9.47 Å². The van der Waals surface area contributed by atoms with E-state index >= 15 is 0 Å². The summed E-state index contributed by atoms with van der Waals surface area (Å²) in [6.07, 6.45) is 1.72. The lowest BCUT2D eigenvalue weighted by molar-refractivity contribution is 0.391. The average molecular weight is 456 g/mol. The molecule has 0 fully saturated rings. The quantitative estimate of drug-likeness (QED) is 0.412.